The number of hydrogen-bond donors (Lipinski definition) is 1. The largest absolute Gasteiger partial charge is 0.506 e. The maximum Gasteiger partial charge on any atom is 0.200 e. The first-order valence-electron chi connectivity index (χ1n) is 4.79. The molecule has 0 atom stereocenters. The van der Waals surface area contributed by atoms with Gasteiger partial charge in [0.1, 0.15) is 11.6 Å². The smallest absolute Gasteiger partial charge is 0.200 e. The fourth-order valence-corrected chi connectivity index (χ4v) is 1.58. The number of carbonyl (C=O) groups excluding carboxylic acids is 1. The number of carbonyl (C=O) groups is 1. The molecule has 2 aromatic rings. The van der Waals surface area contributed by atoms with Crippen molar-refractivity contribution in [3.63, 3.8) is 0 Å². The summed E-state index contributed by atoms with van der Waals surface area (Å²) in [5.74, 6) is -1.68. The Morgan fingerprint density at radius 1 is 1.29 bits per heavy atom. The molecule has 2 nitrogen and oxygen atoms in total. The topological polar surface area (TPSA) is 37.3 Å². The van der Waals surface area contributed by atoms with E-state index in [0.29, 0.717) is 0 Å². The summed E-state index contributed by atoms with van der Waals surface area (Å²) >= 11 is 5.67. The lowest BCUT2D eigenvalue weighted by atomic mass is 10.0. The van der Waals surface area contributed by atoms with Gasteiger partial charge in [0.2, 0.25) is 0 Å². The Labute approximate surface area is 102 Å². The zero-order chi connectivity index (χ0) is 12.4. The fourth-order valence-electron chi connectivity index (χ4n) is 1.42. The van der Waals surface area contributed by atoms with Crippen molar-refractivity contribution in [2.24, 2.45) is 0 Å². The van der Waals surface area contributed by atoms with Gasteiger partial charge in [-0.25, -0.2) is 4.39 Å². The minimum atomic E-state index is -0.650. The molecule has 0 bridgehead atoms. The quantitative estimate of drug-likeness (QED) is 0.830. The van der Waals surface area contributed by atoms with Crippen LogP contribution in [0.5, 0.6) is 5.75 Å². The number of ketones is 1. The molecular weight excluding hydrogens is 243 g/mol. The van der Waals surface area contributed by atoms with Gasteiger partial charge in [-0.3, -0.25) is 4.79 Å². The van der Waals surface area contributed by atoms with Crippen LogP contribution in [0, 0.1) is 11.9 Å². The lowest BCUT2D eigenvalue weighted by molar-refractivity contribution is 0.103. The van der Waals surface area contributed by atoms with Gasteiger partial charge < -0.3 is 5.11 Å². The second kappa shape index (κ2) is 4.55. The van der Waals surface area contributed by atoms with Crippen molar-refractivity contribution in [3.8, 4) is 5.75 Å². The molecule has 0 heterocycles. The average molecular weight is 250 g/mol. The minimum Gasteiger partial charge on any atom is -0.506 e. The Hall–Kier alpha value is -1.87. The molecule has 0 amide bonds. The monoisotopic (exact) mass is 249 g/mol. The molecule has 4 heteroatoms. The highest BCUT2D eigenvalue weighted by atomic mass is 35.5. The Bertz CT molecular complexity index is 581. The molecule has 0 fully saturated rings. The van der Waals surface area contributed by atoms with Crippen molar-refractivity contribution >= 4 is 17.4 Å². The van der Waals surface area contributed by atoms with Crippen molar-refractivity contribution in [2.45, 2.75) is 0 Å². The Morgan fingerprint density at radius 3 is 2.71 bits per heavy atom. The molecule has 0 unspecified atom stereocenters. The Kier molecular flexibility index (Phi) is 3.11. The molecule has 85 valence electrons. The summed E-state index contributed by atoms with van der Waals surface area (Å²) in [6.45, 7) is 0. The van der Waals surface area contributed by atoms with E-state index < -0.39 is 11.6 Å². The van der Waals surface area contributed by atoms with Gasteiger partial charge in [-0.2, -0.15) is 0 Å². The third kappa shape index (κ3) is 2.15. The molecule has 2 rings (SSSR count). The number of rotatable bonds is 2. The van der Waals surface area contributed by atoms with Crippen molar-refractivity contribution < 1.29 is 14.3 Å². The van der Waals surface area contributed by atoms with E-state index in [2.05, 4.69) is 6.07 Å². The predicted molar refractivity (Wildman–Crippen MR) is 61.8 cm³/mol. The van der Waals surface area contributed by atoms with Crippen LogP contribution in [0.15, 0.2) is 36.4 Å². The lowest BCUT2D eigenvalue weighted by Gasteiger charge is -2.05. The molecule has 1 radical (unpaired) electrons. The van der Waals surface area contributed by atoms with E-state index in [1.165, 1.54) is 36.4 Å². The summed E-state index contributed by atoms with van der Waals surface area (Å²) in [5, 5.41) is 9.64. The van der Waals surface area contributed by atoms with Crippen LogP contribution in [0.3, 0.4) is 0 Å². The highest BCUT2D eigenvalue weighted by molar-refractivity contribution is 6.32. The van der Waals surface area contributed by atoms with E-state index in [1.807, 2.05) is 0 Å². The number of aromatic hydroxyl groups is 1. The highest BCUT2D eigenvalue weighted by Gasteiger charge is 2.18. The van der Waals surface area contributed by atoms with Crippen molar-refractivity contribution in [1.82, 2.24) is 0 Å². The third-order valence-electron chi connectivity index (χ3n) is 2.27. The number of phenols is 1. The molecule has 0 saturated heterocycles. The predicted octanol–water partition coefficient (Wildman–Crippen LogP) is 3.22. The summed E-state index contributed by atoms with van der Waals surface area (Å²) in [4.78, 5) is 12.0. The zero-order valence-electron chi connectivity index (χ0n) is 8.58. The van der Waals surface area contributed by atoms with Gasteiger partial charge in [0.25, 0.3) is 0 Å². The first-order chi connectivity index (χ1) is 8.11. The number of phenolic OH excluding ortho intramolecular Hbond substituents is 1. The highest BCUT2D eigenvalue weighted by Crippen LogP contribution is 2.28. The van der Waals surface area contributed by atoms with Crippen LogP contribution in [-0.4, -0.2) is 10.9 Å². The summed E-state index contributed by atoms with van der Waals surface area (Å²) in [5.41, 5.74) is -0.260. The van der Waals surface area contributed by atoms with E-state index >= 15 is 0 Å². The van der Waals surface area contributed by atoms with Gasteiger partial charge in [0.05, 0.1) is 16.1 Å². The van der Waals surface area contributed by atoms with Crippen molar-refractivity contribution in [1.29, 1.82) is 0 Å². The molecule has 0 aliphatic heterocycles. The molecule has 2 aromatic carbocycles. The minimum absolute atomic E-state index is 0.0310. The van der Waals surface area contributed by atoms with Crippen LogP contribution in [0.4, 0.5) is 4.39 Å². The van der Waals surface area contributed by atoms with Gasteiger partial charge in [-0.05, 0) is 24.3 Å². The second-order valence-corrected chi connectivity index (χ2v) is 3.77. The van der Waals surface area contributed by atoms with Crippen LogP contribution in [0.25, 0.3) is 0 Å². The fraction of sp³-hybridized carbons (Fsp3) is 0. The lowest BCUT2D eigenvalue weighted by Crippen LogP contribution is -2.04. The van der Waals surface area contributed by atoms with Crippen molar-refractivity contribution in [2.75, 3.05) is 0 Å². The van der Waals surface area contributed by atoms with Gasteiger partial charge in [-0.1, -0.05) is 29.8 Å². The first kappa shape index (κ1) is 11.6. The van der Waals surface area contributed by atoms with Gasteiger partial charge in [0, 0.05) is 0 Å². The zero-order valence-corrected chi connectivity index (χ0v) is 9.33. The maximum atomic E-state index is 13.4. The Morgan fingerprint density at radius 2 is 2.00 bits per heavy atom. The Balaban J connectivity index is 2.52. The van der Waals surface area contributed by atoms with Crippen LogP contribution in [0.1, 0.15) is 15.9 Å². The molecular formula is C13H7ClFO2. The molecule has 0 saturated carbocycles. The summed E-state index contributed by atoms with van der Waals surface area (Å²) in [7, 11) is 0. The van der Waals surface area contributed by atoms with E-state index in [-0.39, 0.29) is 21.9 Å². The molecule has 1 N–H and O–H groups in total. The number of halogens is 2. The van der Waals surface area contributed by atoms with E-state index in [9.17, 15) is 14.3 Å². The standard InChI is InChI=1S/C13H7ClFO2/c14-10-6-3-5-9(13(10)17)12(16)8-4-1-2-7-11(8)15/h1-4,6-7,17H. The molecule has 17 heavy (non-hydrogen) atoms. The maximum absolute atomic E-state index is 13.4. The van der Waals surface area contributed by atoms with Crippen LogP contribution in [-0.2, 0) is 0 Å². The first-order valence-corrected chi connectivity index (χ1v) is 5.17. The van der Waals surface area contributed by atoms with Crippen LogP contribution in [0.2, 0.25) is 5.02 Å². The van der Waals surface area contributed by atoms with E-state index in [0.717, 1.165) is 0 Å². The molecule has 0 spiro atoms. The van der Waals surface area contributed by atoms with Gasteiger partial charge in [0.15, 0.2) is 5.78 Å². The van der Waals surface area contributed by atoms with Gasteiger partial charge >= 0.3 is 0 Å². The second-order valence-electron chi connectivity index (χ2n) is 3.36. The van der Waals surface area contributed by atoms with E-state index in [1.54, 1.807) is 0 Å². The van der Waals surface area contributed by atoms with Crippen LogP contribution < -0.4 is 0 Å². The number of hydrogen-bond acceptors (Lipinski definition) is 2. The third-order valence-corrected chi connectivity index (χ3v) is 2.57. The average Bonchev–Trinajstić information content (AvgIpc) is 2.32. The SMILES string of the molecule is O=C(c1[c]ccc(Cl)c1O)c1ccccc1F. The molecule has 0 aliphatic rings. The van der Waals surface area contributed by atoms with Crippen molar-refractivity contribution in [3.05, 3.63) is 64.4 Å². The summed E-state index contributed by atoms with van der Waals surface area (Å²) in [6, 6.07) is 10.9. The van der Waals surface area contributed by atoms with Crippen LogP contribution >= 0.6 is 11.6 Å². The molecule has 0 aromatic heterocycles. The van der Waals surface area contributed by atoms with Gasteiger partial charge in [-0.15, -0.1) is 0 Å². The summed E-state index contributed by atoms with van der Waals surface area (Å²) in [6.07, 6.45) is 0. The normalized spacial score (nSPS) is 10.2. The molecule has 0 aliphatic carbocycles. The number of benzene rings is 2. The van der Waals surface area contributed by atoms with E-state index in [4.69, 9.17) is 11.6 Å². The summed E-state index contributed by atoms with van der Waals surface area (Å²) < 4.78 is 13.4.